The van der Waals surface area contributed by atoms with E-state index < -0.39 is 5.97 Å². The fourth-order valence-corrected chi connectivity index (χ4v) is 1.60. The maximum absolute atomic E-state index is 11.1. The molecule has 0 unspecified atom stereocenters. The molecule has 0 fully saturated rings. The molecule has 0 aliphatic rings. The molecule has 0 amide bonds. The van der Waals surface area contributed by atoms with Crippen molar-refractivity contribution in [2.24, 2.45) is 0 Å². The first-order valence-electron chi connectivity index (χ1n) is 5.15. The van der Waals surface area contributed by atoms with E-state index in [1.54, 1.807) is 12.1 Å². The van der Waals surface area contributed by atoms with Crippen LogP contribution < -0.4 is 5.73 Å². The summed E-state index contributed by atoms with van der Waals surface area (Å²) in [5.74, 6) is -0.869. The van der Waals surface area contributed by atoms with E-state index in [-0.39, 0.29) is 11.5 Å². The molecule has 0 saturated heterocycles. The molecule has 2 aromatic rings. The zero-order valence-corrected chi connectivity index (χ0v) is 9.34. The van der Waals surface area contributed by atoms with Crippen LogP contribution in [0.5, 0.6) is 0 Å². The van der Waals surface area contributed by atoms with Crippen molar-refractivity contribution in [2.75, 3.05) is 5.73 Å². The van der Waals surface area contributed by atoms with Gasteiger partial charge in [-0.3, -0.25) is 0 Å². The maximum atomic E-state index is 11.1. The second-order valence-electron chi connectivity index (χ2n) is 3.80. The lowest BCUT2D eigenvalue weighted by Gasteiger charge is -2.06. The van der Waals surface area contributed by atoms with Crippen molar-refractivity contribution in [1.29, 1.82) is 0 Å². The van der Waals surface area contributed by atoms with E-state index >= 15 is 0 Å². The van der Waals surface area contributed by atoms with E-state index in [2.05, 4.69) is 4.98 Å². The number of nitrogen functional groups attached to an aromatic ring is 1. The van der Waals surface area contributed by atoms with E-state index in [1.807, 2.05) is 31.2 Å². The van der Waals surface area contributed by atoms with Gasteiger partial charge in [-0.2, -0.15) is 0 Å². The van der Waals surface area contributed by atoms with Gasteiger partial charge in [0.15, 0.2) is 5.69 Å². The number of benzene rings is 1. The third kappa shape index (κ3) is 2.25. The number of hydrogen-bond acceptors (Lipinski definition) is 3. The number of aromatic carboxylic acids is 1. The molecule has 17 heavy (non-hydrogen) atoms. The number of aromatic nitrogens is 1. The minimum absolute atomic E-state index is 0.0196. The van der Waals surface area contributed by atoms with E-state index in [4.69, 9.17) is 10.8 Å². The highest BCUT2D eigenvalue weighted by atomic mass is 16.4. The van der Waals surface area contributed by atoms with Gasteiger partial charge in [-0.15, -0.1) is 0 Å². The third-order valence-electron chi connectivity index (χ3n) is 2.48. The average Bonchev–Trinajstić information content (AvgIpc) is 2.30. The number of carbonyl (C=O) groups is 1. The fourth-order valence-electron chi connectivity index (χ4n) is 1.60. The van der Waals surface area contributed by atoms with Crippen molar-refractivity contribution in [1.82, 2.24) is 4.98 Å². The summed E-state index contributed by atoms with van der Waals surface area (Å²) in [6.45, 7) is 1.98. The summed E-state index contributed by atoms with van der Waals surface area (Å²) < 4.78 is 0. The Kier molecular flexibility index (Phi) is 2.78. The van der Waals surface area contributed by atoms with E-state index in [0.717, 1.165) is 11.1 Å². The molecule has 86 valence electrons. The number of hydrogen-bond donors (Lipinski definition) is 2. The summed E-state index contributed by atoms with van der Waals surface area (Å²) in [7, 11) is 0. The molecule has 2 rings (SSSR count). The van der Waals surface area contributed by atoms with Crippen LogP contribution in [0.1, 0.15) is 16.1 Å². The van der Waals surface area contributed by atoms with Gasteiger partial charge in [0.2, 0.25) is 0 Å². The molecule has 0 atom stereocenters. The zero-order valence-electron chi connectivity index (χ0n) is 9.34. The van der Waals surface area contributed by atoms with Crippen LogP contribution in [0.4, 0.5) is 5.82 Å². The van der Waals surface area contributed by atoms with Crippen LogP contribution in [0, 0.1) is 6.92 Å². The second-order valence-corrected chi connectivity index (χ2v) is 3.80. The summed E-state index contributed by atoms with van der Waals surface area (Å²) in [5.41, 5.74) is 7.99. The lowest BCUT2D eigenvalue weighted by Crippen LogP contribution is -2.05. The molecule has 0 bridgehead atoms. The van der Waals surface area contributed by atoms with E-state index in [0.29, 0.717) is 5.56 Å². The number of carboxylic acid groups (broad SMARTS) is 1. The highest BCUT2D eigenvalue weighted by Crippen LogP contribution is 2.23. The van der Waals surface area contributed by atoms with E-state index in [1.165, 1.54) is 0 Å². The predicted octanol–water partition coefficient (Wildman–Crippen LogP) is 2.34. The molecule has 0 radical (unpaired) electrons. The zero-order chi connectivity index (χ0) is 12.4. The quantitative estimate of drug-likeness (QED) is 0.827. The molecule has 1 heterocycles. The number of nitrogens with zero attached hydrogens (tertiary/aromatic N) is 1. The lowest BCUT2D eigenvalue weighted by atomic mass is 10.0. The number of anilines is 1. The first-order valence-corrected chi connectivity index (χ1v) is 5.15. The Morgan fingerprint density at radius 2 is 1.82 bits per heavy atom. The monoisotopic (exact) mass is 228 g/mol. The van der Waals surface area contributed by atoms with E-state index in [9.17, 15) is 4.79 Å². The third-order valence-corrected chi connectivity index (χ3v) is 2.48. The summed E-state index contributed by atoms with van der Waals surface area (Å²) in [6, 6.07) is 10.9. The molecular weight excluding hydrogens is 216 g/mol. The van der Waals surface area contributed by atoms with Gasteiger partial charge in [-0.1, -0.05) is 29.8 Å². The van der Waals surface area contributed by atoms with Crippen molar-refractivity contribution >= 4 is 11.8 Å². The number of aryl methyl sites for hydroxylation is 1. The number of pyridine rings is 1. The highest BCUT2D eigenvalue weighted by Gasteiger charge is 2.13. The fraction of sp³-hybridized carbons (Fsp3) is 0.0769. The first kappa shape index (κ1) is 11.1. The van der Waals surface area contributed by atoms with Crippen LogP contribution in [0.15, 0.2) is 36.4 Å². The number of carboxylic acids is 1. The Morgan fingerprint density at radius 1 is 1.18 bits per heavy atom. The molecule has 0 saturated carbocycles. The van der Waals surface area contributed by atoms with Gasteiger partial charge in [0.05, 0.1) is 0 Å². The summed E-state index contributed by atoms with van der Waals surface area (Å²) in [5, 5.41) is 9.09. The summed E-state index contributed by atoms with van der Waals surface area (Å²) in [6.07, 6.45) is 0. The molecule has 3 N–H and O–H groups in total. The first-order chi connectivity index (χ1) is 8.08. The normalized spacial score (nSPS) is 10.2. The SMILES string of the molecule is Cc1ccc(-c2ccc(N)nc2C(=O)O)cc1. The Morgan fingerprint density at radius 3 is 2.41 bits per heavy atom. The van der Waals surface area contributed by atoms with Crippen molar-refractivity contribution in [3.8, 4) is 11.1 Å². The van der Waals surface area contributed by atoms with Crippen LogP contribution in [0.25, 0.3) is 11.1 Å². The van der Waals surface area contributed by atoms with Crippen molar-refractivity contribution < 1.29 is 9.90 Å². The van der Waals surface area contributed by atoms with Crippen LogP contribution in [-0.4, -0.2) is 16.1 Å². The molecule has 0 aliphatic heterocycles. The Labute approximate surface area is 98.7 Å². The molecule has 0 spiro atoms. The van der Waals surface area contributed by atoms with Gasteiger partial charge >= 0.3 is 5.97 Å². The van der Waals surface area contributed by atoms with Gasteiger partial charge < -0.3 is 10.8 Å². The topological polar surface area (TPSA) is 76.2 Å². The minimum atomic E-state index is -1.08. The summed E-state index contributed by atoms with van der Waals surface area (Å²) in [4.78, 5) is 14.9. The van der Waals surface area contributed by atoms with Gasteiger partial charge in [-0.25, -0.2) is 9.78 Å². The number of nitrogens with two attached hydrogens (primary N) is 1. The maximum Gasteiger partial charge on any atom is 0.355 e. The largest absolute Gasteiger partial charge is 0.476 e. The minimum Gasteiger partial charge on any atom is -0.476 e. The molecule has 1 aromatic heterocycles. The Bertz CT molecular complexity index is 562. The number of rotatable bonds is 2. The molecule has 4 nitrogen and oxygen atoms in total. The van der Waals surface area contributed by atoms with Crippen LogP contribution >= 0.6 is 0 Å². The molecule has 4 heteroatoms. The van der Waals surface area contributed by atoms with Crippen molar-refractivity contribution in [2.45, 2.75) is 6.92 Å². The Balaban J connectivity index is 2.58. The van der Waals surface area contributed by atoms with Crippen LogP contribution in [-0.2, 0) is 0 Å². The van der Waals surface area contributed by atoms with Crippen molar-refractivity contribution in [3.05, 3.63) is 47.7 Å². The van der Waals surface area contributed by atoms with Gasteiger partial charge in [0.1, 0.15) is 5.82 Å². The molecular formula is C13H12N2O2. The Hall–Kier alpha value is -2.36. The van der Waals surface area contributed by atoms with Crippen LogP contribution in [0.2, 0.25) is 0 Å². The highest BCUT2D eigenvalue weighted by molar-refractivity contribution is 5.94. The van der Waals surface area contributed by atoms with Crippen molar-refractivity contribution in [3.63, 3.8) is 0 Å². The second kappa shape index (κ2) is 4.25. The predicted molar refractivity (Wildman–Crippen MR) is 65.8 cm³/mol. The van der Waals surface area contributed by atoms with Gasteiger partial charge in [0.25, 0.3) is 0 Å². The van der Waals surface area contributed by atoms with Gasteiger partial charge in [0, 0.05) is 5.56 Å². The smallest absolute Gasteiger partial charge is 0.355 e. The van der Waals surface area contributed by atoms with Gasteiger partial charge in [-0.05, 0) is 24.6 Å². The lowest BCUT2D eigenvalue weighted by molar-refractivity contribution is 0.0691. The molecule has 0 aliphatic carbocycles. The molecule has 1 aromatic carbocycles. The van der Waals surface area contributed by atoms with Crippen LogP contribution in [0.3, 0.4) is 0 Å². The standard InChI is InChI=1S/C13H12N2O2/c1-8-2-4-9(5-3-8)10-6-7-11(14)15-12(10)13(16)17/h2-7H,1H3,(H2,14,15)(H,16,17). The summed E-state index contributed by atoms with van der Waals surface area (Å²) >= 11 is 0. The average molecular weight is 228 g/mol.